The number of nitrogens with zero attached hydrogens (tertiary/aromatic N) is 1. The van der Waals surface area contributed by atoms with Crippen molar-refractivity contribution in [3.8, 4) is 0 Å². The molecule has 134 valence electrons. The van der Waals surface area contributed by atoms with Crippen LogP contribution in [0.3, 0.4) is 0 Å². The molecule has 0 bridgehead atoms. The molecule has 8 heteroatoms. The molecule has 1 aliphatic heterocycles. The molecule has 1 amide bonds. The SMILES string of the molecule is O=C(NCCCN1CCCCC1)c1ccc(S(=O)(=O)C(F)F)cc1. The van der Waals surface area contributed by atoms with Gasteiger partial charge in [-0.3, -0.25) is 4.79 Å². The van der Waals surface area contributed by atoms with E-state index in [0.29, 0.717) is 6.54 Å². The van der Waals surface area contributed by atoms with E-state index in [2.05, 4.69) is 10.2 Å². The highest BCUT2D eigenvalue weighted by Crippen LogP contribution is 2.18. The third-order valence-corrected chi connectivity index (χ3v) is 5.46. The van der Waals surface area contributed by atoms with Crippen molar-refractivity contribution < 1.29 is 22.0 Å². The first-order valence-corrected chi connectivity index (χ1v) is 9.58. The van der Waals surface area contributed by atoms with Crippen LogP contribution in [0.25, 0.3) is 0 Å². The Morgan fingerprint density at radius 3 is 2.33 bits per heavy atom. The second-order valence-electron chi connectivity index (χ2n) is 5.84. The van der Waals surface area contributed by atoms with Crippen molar-refractivity contribution in [2.45, 2.75) is 36.3 Å². The highest BCUT2D eigenvalue weighted by Gasteiger charge is 2.26. The van der Waals surface area contributed by atoms with Gasteiger partial charge in [0.15, 0.2) is 0 Å². The number of sulfone groups is 1. The molecule has 1 heterocycles. The molecule has 1 aromatic carbocycles. The zero-order chi connectivity index (χ0) is 17.6. The number of amides is 1. The lowest BCUT2D eigenvalue weighted by Gasteiger charge is -2.26. The third kappa shape index (κ3) is 4.98. The van der Waals surface area contributed by atoms with Crippen LogP contribution in [-0.2, 0) is 9.84 Å². The summed E-state index contributed by atoms with van der Waals surface area (Å²) < 4.78 is 47.5. The summed E-state index contributed by atoms with van der Waals surface area (Å²) in [5.74, 6) is -3.80. The molecule has 24 heavy (non-hydrogen) atoms. The topological polar surface area (TPSA) is 66.5 Å². The van der Waals surface area contributed by atoms with Crippen LogP contribution in [0.2, 0.25) is 0 Å². The molecule has 0 aromatic heterocycles. The molecule has 0 spiro atoms. The first kappa shape index (κ1) is 18.8. The number of carbonyl (C=O) groups excluding carboxylic acids is 1. The fourth-order valence-corrected chi connectivity index (χ4v) is 3.41. The lowest BCUT2D eigenvalue weighted by atomic mass is 10.1. The zero-order valence-corrected chi connectivity index (χ0v) is 14.2. The van der Waals surface area contributed by atoms with E-state index in [0.717, 1.165) is 38.2 Å². The number of piperidine rings is 1. The molecular formula is C16H22F2N2O3S. The van der Waals surface area contributed by atoms with E-state index in [1.807, 2.05) is 0 Å². The van der Waals surface area contributed by atoms with Gasteiger partial charge in [-0.1, -0.05) is 6.42 Å². The molecule has 0 atom stereocenters. The van der Waals surface area contributed by atoms with Gasteiger partial charge >= 0.3 is 5.76 Å². The summed E-state index contributed by atoms with van der Waals surface area (Å²) in [6, 6.07) is 4.55. The van der Waals surface area contributed by atoms with E-state index >= 15 is 0 Å². The summed E-state index contributed by atoms with van der Waals surface area (Å²) in [4.78, 5) is 13.9. The van der Waals surface area contributed by atoms with Crippen LogP contribution in [0, 0.1) is 0 Å². The molecule has 1 aliphatic rings. The maximum Gasteiger partial charge on any atom is 0.341 e. The highest BCUT2D eigenvalue weighted by atomic mass is 32.2. The Morgan fingerprint density at radius 2 is 1.75 bits per heavy atom. The predicted molar refractivity (Wildman–Crippen MR) is 86.9 cm³/mol. The smallest absolute Gasteiger partial charge is 0.341 e. The summed E-state index contributed by atoms with van der Waals surface area (Å²) in [5, 5.41) is 2.76. The average molecular weight is 360 g/mol. The van der Waals surface area contributed by atoms with Crippen molar-refractivity contribution >= 4 is 15.7 Å². The number of benzene rings is 1. The Kier molecular flexibility index (Phi) is 6.68. The Hall–Kier alpha value is -1.54. The van der Waals surface area contributed by atoms with Gasteiger partial charge in [0.2, 0.25) is 9.84 Å². The molecule has 0 aliphatic carbocycles. The lowest BCUT2D eigenvalue weighted by Crippen LogP contribution is -2.33. The van der Waals surface area contributed by atoms with Gasteiger partial charge < -0.3 is 10.2 Å². The molecule has 0 unspecified atom stereocenters. The predicted octanol–water partition coefficient (Wildman–Crippen LogP) is 2.29. The van der Waals surface area contributed by atoms with Crippen LogP contribution in [-0.4, -0.2) is 51.2 Å². The Labute approximate surface area is 141 Å². The monoisotopic (exact) mass is 360 g/mol. The largest absolute Gasteiger partial charge is 0.352 e. The number of rotatable bonds is 7. The number of alkyl halides is 2. The summed E-state index contributed by atoms with van der Waals surface area (Å²) in [6.45, 7) is 3.67. The minimum absolute atomic E-state index is 0.251. The first-order chi connectivity index (χ1) is 11.4. The molecule has 1 fully saturated rings. The molecule has 2 rings (SSSR count). The van der Waals surface area contributed by atoms with E-state index in [4.69, 9.17) is 0 Å². The van der Waals surface area contributed by atoms with E-state index in [1.54, 1.807) is 0 Å². The number of likely N-dealkylation sites (tertiary alicyclic amines) is 1. The van der Waals surface area contributed by atoms with E-state index in [-0.39, 0.29) is 11.5 Å². The highest BCUT2D eigenvalue weighted by molar-refractivity contribution is 7.91. The van der Waals surface area contributed by atoms with Gasteiger partial charge in [-0.15, -0.1) is 0 Å². The van der Waals surface area contributed by atoms with E-state index in [9.17, 15) is 22.0 Å². The van der Waals surface area contributed by atoms with Crippen molar-refractivity contribution in [3.63, 3.8) is 0 Å². The first-order valence-electron chi connectivity index (χ1n) is 8.04. The van der Waals surface area contributed by atoms with Gasteiger partial charge in [0.1, 0.15) is 0 Å². The minimum atomic E-state index is -4.62. The fraction of sp³-hybridized carbons (Fsp3) is 0.562. The Balaban J connectivity index is 1.80. The molecule has 1 N–H and O–H groups in total. The van der Waals surface area contributed by atoms with Crippen LogP contribution in [0.5, 0.6) is 0 Å². The summed E-state index contributed by atoms with van der Waals surface area (Å²) in [5.41, 5.74) is 0.251. The van der Waals surface area contributed by atoms with Gasteiger partial charge in [0.25, 0.3) is 5.91 Å². The third-order valence-electron chi connectivity index (χ3n) is 4.06. The maximum atomic E-state index is 12.4. The van der Waals surface area contributed by atoms with Crippen molar-refractivity contribution in [1.29, 1.82) is 0 Å². The van der Waals surface area contributed by atoms with Crippen LogP contribution in [0.15, 0.2) is 29.2 Å². The van der Waals surface area contributed by atoms with Crippen LogP contribution in [0.1, 0.15) is 36.0 Å². The molecular weight excluding hydrogens is 338 g/mol. The minimum Gasteiger partial charge on any atom is -0.352 e. The van der Waals surface area contributed by atoms with Crippen LogP contribution >= 0.6 is 0 Å². The zero-order valence-electron chi connectivity index (χ0n) is 13.4. The summed E-state index contributed by atoms with van der Waals surface area (Å²) in [6.07, 6.45) is 4.56. The van der Waals surface area contributed by atoms with Gasteiger partial charge in [0.05, 0.1) is 4.90 Å². The quantitative estimate of drug-likeness (QED) is 0.758. The summed E-state index contributed by atoms with van der Waals surface area (Å²) in [7, 11) is -4.62. The standard InChI is InChI=1S/C16H22F2N2O3S/c17-16(18)24(22,23)14-7-5-13(6-8-14)15(21)19-9-4-12-20-10-2-1-3-11-20/h5-8,16H,1-4,9-12H2,(H,19,21). The van der Waals surface area contributed by atoms with E-state index in [1.165, 1.54) is 31.4 Å². The molecule has 0 radical (unpaired) electrons. The van der Waals surface area contributed by atoms with Gasteiger partial charge in [-0.2, -0.15) is 8.78 Å². The van der Waals surface area contributed by atoms with Crippen LogP contribution < -0.4 is 5.32 Å². The van der Waals surface area contributed by atoms with Crippen molar-refractivity contribution in [2.24, 2.45) is 0 Å². The van der Waals surface area contributed by atoms with Crippen molar-refractivity contribution in [3.05, 3.63) is 29.8 Å². The summed E-state index contributed by atoms with van der Waals surface area (Å²) >= 11 is 0. The molecule has 5 nitrogen and oxygen atoms in total. The fourth-order valence-electron chi connectivity index (χ4n) is 2.69. The van der Waals surface area contributed by atoms with Gasteiger partial charge in [-0.25, -0.2) is 8.42 Å². The van der Waals surface area contributed by atoms with Crippen molar-refractivity contribution in [1.82, 2.24) is 10.2 Å². The van der Waals surface area contributed by atoms with Gasteiger partial charge in [-0.05, 0) is 63.2 Å². The lowest BCUT2D eigenvalue weighted by molar-refractivity contribution is 0.0951. The normalized spacial score (nSPS) is 16.3. The Morgan fingerprint density at radius 1 is 1.12 bits per heavy atom. The van der Waals surface area contributed by atoms with Crippen LogP contribution in [0.4, 0.5) is 8.78 Å². The second-order valence-corrected chi connectivity index (χ2v) is 7.76. The maximum absolute atomic E-state index is 12.4. The number of hydrogen-bond donors (Lipinski definition) is 1. The average Bonchev–Trinajstić information content (AvgIpc) is 2.59. The number of nitrogens with one attached hydrogen (secondary N) is 1. The number of hydrogen-bond acceptors (Lipinski definition) is 4. The number of halogens is 2. The second kappa shape index (κ2) is 8.53. The van der Waals surface area contributed by atoms with Crippen molar-refractivity contribution in [2.75, 3.05) is 26.2 Å². The number of carbonyl (C=O) groups is 1. The molecule has 1 aromatic rings. The Bertz CT molecular complexity index is 642. The van der Waals surface area contributed by atoms with Gasteiger partial charge in [0, 0.05) is 12.1 Å². The van der Waals surface area contributed by atoms with E-state index < -0.39 is 20.5 Å². The molecule has 1 saturated heterocycles. The molecule has 0 saturated carbocycles.